The molecule has 0 saturated carbocycles. The summed E-state index contributed by atoms with van der Waals surface area (Å²) in [5, 5.41) is 0. The topological polar surface area (TPSA) is 78.3 Å². The Morgan fingerprint density at radius 1 is 1.75 bits per heavy atom. The molecular formula is C7H13FN2O2. The number of halogens is 1. The van der Waals surface area contributed by atoms with Gasteiger partial charge in [-0.1, -0.05) is 6.08 Å². The van der Waals surface area contributed by atoms with Crippen molar-refractivity contribution < 1.29 is 13.9 Å². The van der Waals surface area contributed by atoms with Crippen LogP contribution in [0.15, 0.2) is 11.8 Å². The van der Waals surface area contributed by atoms with Crippen molar-refractivity contribution in [2.75, 3.05) is 13.8 Å². The van der Waals surface area contributed by atoms with Gasteiger partial charge in [-0.05, 0) is 6.92 Å². The first-order chi connectivity index (χ1) is 5.52. The fourth-order valence-corrected chi connectivity index (χ4v) is 0.689. The monoisotopic (exact) mass is 176 g/mol. The van der Waals surface area contributed by atoms with Gasteiger partial charge in [-0.3, -0.25) is 0 Å². The number of esters is 1. The second-order valence-corrected chi connectivity index (χ2v) is 2.34. The number of hydrogen-bond acceptors (Lipinski definition) is 4. The largest absolute Gasteiger partial charge is 0.467 e. The molecule has 0 amide bonds. The molecule has 5 heteroatoms. The van der Waals surface area contributed by atoms with E-state index in [9.17, 15) is 9.18 Å². The fraction of sp³-hybridized carbons (Fsp3) is 0.571. The molecule has 0 rings (SSSR count). The number of nitrogens with two attached hydrogens (primary N) is 2. The maximum absolute atomic E-state index is 12.4. The summed E-state index contributed by atoms with van der Waals surface area (Å²) in [5.74, 6) is -0.874. The van der Waals surface area contributed by atoms with E-state index in [0.717, 1.165) is 7.11 Å². The summed E-state index contributed by atoms with van der Waals surface area (Å²) in [6.07, 6.45) is 1.37. The number of carbonyl (C=O) groups is 1. The zero-order valence-corrected chi connectivity index (χ0v) is 7.13. The van der Waals surface area contributed by atoms with Crippen molar-refractivity contribution >= 4 is 5.97 Å². The third-order valence-corrected chi connectivity index (χ3v) is 1.59. The molecule has 4 nitrogen and oxygen atoms in total. The Morgan fingerprint density at radius 2 is 2.25 bits per heavy atom. The lowest BCUT2D eigenvalue weighted by Crippen LogP contribution is -2.54. The number of carbonyl (C=O) groups excluding carboxylic acids is 1. The van der Waals surface area contributed by atoms with E-state index in [2.05, 4.69) is 4.74 Å². The van der Waals surface area contributed by atoms with Crippen molar-refractivity contribution in [3.05, 3.63) is 11.8 Å². The number of ether oxygens (including phenoxy) is 1. The summed E-state index contributed by atoms with van der Waals surface area (Å²) in [4.78, 5) is 11.0. The summed E-state index contributed by atoms with van der Waals surface area (Å²) in [6, 6.07) is 0. The standard InChI is InChI=1S/C7H13FN2O2/c1-3-5(9)7(10,4-8)6(11)12-2/h3H,4,9-10H2,1-2H3. The SMILES string of the molecule is CC=C(N)C(N)(CF)C(=O)OC. The van der Waals surface area contributed by atoms with E-state index in [-0.39, 0.29) is 5.70 Å². The lowest BCUT2D eigenvalue weighted by atomic mass is 9.99. The Balaban J connectivity index is 4.79. The second-order valence-electron chi connectivity index (χ2n) is 2.34. The van der Waals surface area contributed by atoms with Gasteiger partial charge in [0.2, 0.25) is 0 Å². The lowest BCUT2D eigenvalue weighted by Gasteiger charge is -2.23. The van der Waals surface area contributed by atoms with Crippen molar-refractivity contribution in [1.82, 2.24) is 0 Å². The molecule has 4 N–H and O–H groups in total. The van der Waals surface area contributed by atoms with Crippen LogP contribution >= 0.6 is 0 Å². The molecule has 0 bridgehead atoms. The third kappa shape index (κ3) is 1.73. The predicted molar refractivity (Wildman–Crippen MR) is 42.9 cm³/mol. The van der Waals surface area contributed by atoms with E-state index >= 15 is 0 Å². The predicted octanol–water partition coefficient (Wildman–Crippen LogP) is -0.311. The summed E-state index contributed by atoms with van der Waals surface area (Å²) >= 11 is 0. The van der Waals surface area contributed by atoms with Gasteiger partial charge in [0, 0.05) is 5.70 Å². The molecule has 0 aromatic carbocycles. The molecule has 1 unspecified atom stereocenters. The molecule has 0 aliphatic carbocycles. The molecule has 70 valence electrons. The first-order valence-electron chi connectivity index (χ1n) is 3.38. The molecule has 0 aromatic heterocycles. The molecular weight excluding hydrogens is 163 g/mol. The maximum Gasteiger partial charge on any atom is 0.334 e. The molecule has 0 aliphatic heterocycles. The zero-order valence-electron chi connectivity index (χ0n) is 7.13. The summed E-state index contributed by atoms with van der Waals surface area (Å²) in [7, 11) is 1.13. The molecule has 0 spiro atoms. The quantitative estimate of drug-likeness (QED) is 0.578. The van der Waals surface area contributed by atoms with Gasteiger partial charge in [0.1, 0.15) is 6.67 Å². The van der Waals surface area contributed by atoms with Crippen LogP contribution in [-0.4, -0.2) is 25.3 Å². The number of rotatable bonds is 3. The smallest absolute Gasteiger partial charge is 0.334 e. The van der Waals surface area contributed by atoms with Gasteiger partial charge in [0.05, 0.1) is 7.11 Å². The lowest BCUT2D eigenvalue weighted by molar-refractivity contribution is -0.146. The normalized spacial score (nSPS) is 16.8. The van der Waals surface area contributed by atoms with E-state index in [0.29, 0.717) is 0 Å². The van der Waals surface area contributed by atoms with Gasteiger partial charge < -0.3 is 16.2 Å². The van der Waals surface area contributed by atoms with Crippen LogP contribution in [0.5, 0.6) is 0 Å². The minimum absolute atomic E-state index is 0.0307. The Bertz CT molecular complexity index is 206. The van der Waals surface area contributed by atoms with Crippen molar-refractivity contribution in [2.45, 2.75) is 12.5 Å². The van der Waals surface area contributed by atoms with Crippen LogP contribution in [0.3, 0.4) is 0 Å². The second kappa shape index (κ2) is 4.06. The number of allylic oxidation sites excluding steroid dienone is 1. The average Bonchev–Trinajstić information content (AvgIpc) is 2.13. The Labute approximate surface area is 70.4 Å². The van der Waals surface area contributed by atoms with Crippen LogP contribution in [0, 0.1) is 0 Å². The molecule has 12 heavy (non-hydrogen) atoms. The first kappa shape index (κ1) is 10.9. The minimum atomic E-state index is -1.83. The number of alkyl halides is 1. The highest BCUT2D eigenvalue weighted by Gasteiger charge is 2.38. The summed E-state index contributed by atoms with van der Waals surface area (Å²) in [5.41, 5.74) is 8.84. The first-order valence-corrected chi connectivity index (χ1v) is 3.38. The van der Waals surface area contributed by atoms with E-state index in [1.165, 1.54) is 6.08 Å². The van der Waals surface area contributed by atoms with E-state index < -0.39 is 18.2 Å². The van der Waals surface area contributed by atoms with Gasteiger partial charge >= 0.3 is 5.97 Å². The molecule has 0 fully saturated rings. The van der Waals surface area contributed by atoms with E-state index in [1.54, 1.807) is 6.92 Å². The molecule has 0 saturated heterocycles. The Kier molecular flexibility index (Phi) is 3.69. The van der Waals surface area contributed by atoms with E-state index in [1.807, 2.05) is 0 Å². The number of hydrogen-bond donors (Lipinski definition) is 2. The van der Waals surface area contributed by atoms with Gasteiger partial charge in [-0.25, -0.2) is 9.18 Å². The van der Waals surface area contributed by atoms with Crippen LogP contribution in [-0.2, 0) is 9.53 Å². The van der Waals surface area contributed by atoms with Crippen molar-refractivity contribution in [3.63, 3.8) is 0 Å². The van der Waals surface area contributed by atoms with Crippen LogP contribution in [0.25, 0.3) is 0 Å². The van der Waals surface area contributed by atoms with Crippen molar-refractivity contribution in [2.24, 2.45) is 11.5 Å². The third-order valence-electron chi connectivity index (χ3n) is 1.59. The van der Waals surface area contributed by atoms with Crippen LogP contribution in [0.2, 0.25) is 0 Å². The van der Waals surface area contributed by atoms with Crippen molar-refractivity contribution in [1.29, 1.82) is 0 Å². The number of methoxy groups -OCH3 is 1. The summed E-state index contributed by atoms with van der Waals surface area (Å²) < 4.78 is 16.7. The van der Waals surface area contributed by atoms with Crippen molar-refractivity contribution in [3.8, 4) is 0 Å². The highest BCUT2D eigenvalue weighted by molar-refractivity contribution is 5.84. The van der Waals surface area contributed by atoms with Crippen LogP contribution < -0.4 is 11.5 Å². The van der Waals surface area contributed by atoms with Gasteiger partial charge in [0.15, 0.2) is 5.54 Å². The Hall–Kier alpha value is -1.10. The van der Waals surface area contributed by atoms with Crippen LogP contribution in [0.4, 0.5) is 4.39 Å². The molecule has 0 radical (unpaired) electrons. The average molecular weight is 176 g/mol. The van der Waals surface area contributed by atoms with Crippen LogP contribution in [0.1, 0.15) is 6.92 Å². The molecule has 0 heterocycles. The van der Waals surface area contributed by atoms with Gasteiger partial charge in [0.25, 0.3) is 0 Å². The minimum Gasteiger partial charge on any atom is -0.467 e. The molecule has 0 aromatic rings. The highest BCUT2D eigenvalue weighted by Crippen LogP contribution is 2.11. The highest BCUT2D eigenvalue weighted by atomic mass is 19.1. The van der Waals surface area contributed by atoms with E-state index in [4.69, 9.17) is 11.5 Å². The fourth-order valence-electron chi connectivity index (χ4n) is 0.689. The zero-order chi connectivity index (χ0) is 9.78. The Morgan fingerprint density at radius 3 is 2.50 bits per heavy atom. The van der Waals surface area contributed by atoms with Gasteiger partial charge in [-0.15, -0.1) is 0 Å². The molecule has 1 atom stereocenters. The maximum atomic E-state index is 12.4. The summed E-state index contributed by atoms with van der Waals surface area (Å²) in [6.45, 7) is 0.491. The molecule has 0 aliphatic rings. The van der Waals surface area contributed by atoms with Gasteiger partial charge in [-0.2, -0.15) is 0 Å².